The molecule has 0 saturated carbocycles. The van der Waals surface area contributed by atoms with Gasteiger partial charge in [0.15, 0.2) is 0 Å². The van der Waals surface area contributed by atoms with E-state index in [0.29, 0.717) is 5.92 Å². The highest BCUT2D eigenvalue weighted by Gasteiger charge is 2.17. The number of rotatable bonds is 1. The van der Waals surface area contributed by atoms with Crippen molar-refractivity contribution < 1.29 is 0 Å². The molecule has 1 aliphatic heterocycles. The second kappa shape index (κ2) is 4.36. The van der Waals surface area contributed by atoms with Gasteiger partial charge in [-0.15, -0.1) is 0 Å². The quantitative estimate of drug-likeness (QED) is 0.835. The van der Waals surface area contributed by atoms with Crippen LogP contribution >= 0.6 is 15.9 Å². The lowest BCUT2D eigenvalue weighted by Crippen LogP contribution is -2.29. The van der Waals surface area contributed by atoms with Crippen molar-refractivity contribution in [2.45, 2.75) is 25.7 Å². The number of halogens is 1. The number of hydrogen-bond donors (Lipinski definition) is 1. The van der Waals surface area contributed by atoms with Crippen molar-refractivity contribution in [1.82, 2.24) is 15.3 Å². The predicted molar refractivity (Wildman–Crippen MR) is 59.3 cm³/mol. The highest BCUT2D eigenvalue weighted by Crippen LogP contribution is 2.22. The Morgan fingerprint density at radius 2 is 2.43 bits per heavy atom. The first-order valence-electron chi connectivity index (χ1n) is 4.97. The largest absolute Gasteiger partial charge is 0.316 e. The van der Waals surface area contributed by atoms with Crippen molar-refractivity contribution in [3.05, 3.63) is 22.2 Å². The van der Waals surface area contributed by atoms with Gasteiger partial charge in [0.1, 0.15) is 4.60 Å². The number of hydrogen-bond acceptors (Lipinski definition) is 3. The van der Waals surface area contributed by atoms with Crippen LogP contribution in [0.15, 0.2) is 10.8 Å². The molecule has 0 amide bonds. The molecule has 3 nitrogen and oxygen atoms in total. The first kappa shape index (κ1) is 10.1. The Morgan fingerprint density at radius 1 is 1.57 bits per heavy atom. The molecule has 0 bridgehead atoms. The molecule has 0 radical (unpaired) electrons. The maximum absolute atomic E-state index is 4.55. The molecule has 2 heterocycles. The van der Waals surface area contributed by atoms with Gasteiger partial charge in [-0.1, -0.05) is 0 Å². The van der Waals surface area contributed by atoms with Gasteiger partial charge in [-0.3, -0.25) is 4.98 Å². The minimum absolute atomic E-state index is 0.544. The van der Waals surface area contributed by atoms with Gasteiger partial charge in [0.2, 0.25) is 0 Å². The molecule has 1 saturated heterocycles. The highest BCUT2D eigenvalue weighted by molar-refractivity contribution is 9.10. The first-order chi connectivity index (χ1) is 6.77. The summed E-state index contributed by atoms with van der Waals surface area (Å²) in [7, 11) is 0. The van der Waals surface area contributed by atoms with Crippen molar-refractivity contribution in [2.75, 3.05) is 13.1 Å². The third-order valence-electron chi connectivity index (χ3n) is 2.62. The molecule has 14 heavy (non-hydrogen) atoms. The lowest BCUT2D eigenvalue weighted by molar-refractivity contribution is 0.453. The van der Waals surface area contributed by atoms with E-state index in [1.54, 1.807) is 0 Å². The van der Waals surface area contributed by atoms with Crippen molar-refractivity contribution >= 4 is 15.9 Å². The fraction of sp³-hybridized carbons (Fsp3) is 0.600. The lowest BCUT2D eigenvalue weighted by atomic mass is 9.96. The molecule has 0 aromatic carbocycles. The van der Waals surface area contributed by atoms with Gasteiger partial charge in [0.25, 0.3) is 0 Å². The van der Waals surface area contributed by atoms with Gasteiger partial charge < -0.3 is 5.32 Å². The van der Waals surface area contributed by atoms with E-state index in [2.05, 4.69) is 31.2 Å². The van der Waals surface area contributed by atoms with Crippen molar-refractivity contribution in [3.8, 4) is 0 Å². The van der Waals surface area contributed by atoms with Gasteiger partial charge in [-0.25, -0.2) is 4.98 Å². The number of nitrogens with one attached hydrogen (secondary N) is 1. The van der Waals surface area contributed by atoms with E-state index in [4.69, 9.17) is 0 Å². The van der Waals surface area contributed by atoms with E-state index >= 15 is 0 Å². The maximum atomic E-state index is 4.55. The number of nitrogens with zero attached hydrogens (tertiary/aromatic N) is 2. The summed E-state index contributed by atoms with van der Waals surface area (Å²) in [5, 5.41) is 3.39. The summed E-state index contributed by atoms with van der Waals surface area (Å²) in [5.41, 5.74) is 2.10. The van der Waals surface area contributed by atoms with Crippen LogP contribution < -0.4 is 5.32 Å². The summed E-state index contributed by atoms with van der Waals surface area (Å²) in [6, 6.07) is 0. The topological polar surface area (TPSA) is 37.8 Å². The van der Waals surface area contributed by atoms with E-state index in [9.17, 15) is 0 Å². The van der Waals surface area contributed by atoms with Gasteiger partial charge in [-0.2, -0.15) is 0 Å². The van der Waals surface area contributed by atoms with Crippen LogP contribution in [-0.4, -0.2) is 23.1 Å². The molecule has 0 aliphatic carbocycles. The number of aryl methyl sites for hydroxylation is 1. The first-order valence-corrected chi connectivity index (χ1v) is 5.76. The summed E-state index contributed by atoms with van der Waals surface area (Å²) < 4.78 is 0.852. The molecule has 1 fully saturated rings. The monoisotopic (exact) mass is 255 g/mol. The second-order valence-electron chi connectivity index (χ2n) is 3.71. The fourth-order valence-electron chi connectivity index (χ4n) is 1.79. The zero-order valence-electron chi connectivity index (χ0n) is 8.26. The maximum Gasteiger partial charge on any atom is 0.127 e. The Balaban J connectivity index is 2.18. The molecule has 1 atom stereocenters. The summed E-state index contributed by atoms with van der Waals surface area (Å²) >= 11 is 3.36. The molecular formula is C10H14BrN3. The summed E-state index contributed by atoms with van der Waals surface area (Å²) in [4.78, 5) is 8.83. The van der Waals surface area contributed by atoms with Crippen LogP contribution in [0, 0.1) is 6.92 Å². The zero-order valence-corrected chi connectivity index (χ0v) is 9.84. The van der Waals surface area contributed by atoms with Gasteiger partial charge >= 0.3 is 0 Å². The van der Waals surface area contributed by atoms with E-state index in [1.165, 1.54) is 12.8 Å². The minimum atomic E-state index is 0.544. The Morgan fingerprint density at radius 3 is 3.07 bits per heavy atom. The lowest BCUT2D eigenvalue weighted by Gasteiger charge is -2.22. The van der Waals surface area contributed by atoms with Crippen LogP contribution in [0.4, 0.5) is 0 Å². The Bertz CT molecular complexity index is 321. The smallest absolute Gasteiger partial charge is 0.127 e. The minimum Gasteiger partial charge on any atom is -0.316 e. The van der Waals surface area contributed by atoms with E-state index in [0.717, 1.165) is 29.1 Å². The third-order valence-corrected chi connectivity index (χ3v) is 3.40. The summed E-state index contributed by atoms with van der Waals surface area (Å²) in [6.07, 6.45) is 4.35. The number of aromatic nitrogens is 2. The molecule has 1 aromatic heterocycles. The summed E-state index contributed by atoms with van der Waals surface area (Å²) in [6.45, 7) is 4.16. The normalized spacial score (nSPS) is 22.3. The van der Waals surface area contributed by atoms with E-state index in [-0.39, 0.29) is 0 Å². The average molecular weight is 256 g/mol. The standard InChI is InChI=1S/C10H14BrN3/c1-7-10(11)13-6-9(14-7)8-3-2-4-12-5-8/h6,8,12H,2-5H2,1H3. The SMILES string of the molecule is Cc1nc(C2CCCNC2)cnc1Br. The molecular weight excluding hydrogens is 242 g/mol. The van der Waals surface area contributed by atoms with E-state index < -0.39 is 0 Å². The third kappa shape index (κ3) is 2.12. The van der Waals surface area contributed by atoms with Crippen LogP contribution in [0.2, 0.25) is 0 Å². The van der Waals surface area contributed by atoms with Crippen LogP contribution in [-0.2, 0) is 0 Å². The predicted octanol–water partition coefficient (Wildman–Crippen LogP) is 2.01. The van der Waals surface area contributed by atoms with Crippen LogP contribution in [0.3, 0.4) is 0 Å². The Hall–Kier alpha value is -0.480. The average Bonchev–Trinajstić information content (AvgIpc) is 2.23. The summed E-state index contributed by atoms with van der Waals surface area (Å²) in [5.74, 6) is 0.544. The molecule has 1 unspecified atom stereocenters. The second-order valence-corrected chi connectivity index (χ2v) is 4.47. The molecule has 1 aliphatic rings. The van der Waals surface area contributed by atoms with Crippen molar-refractivity contribution in [3.63, 3.8) is 0 Å². The van der Waals surface area contributed by atoms with Crippen LogP contribution in [0.25, 0.3) is 0 Å². The van der Waals surface area contributed by atoms with Crippen LogP contribution in [0.5, 0.6) is 0 Å². The van der Waals surface area contributed by atoms with Gasteiger partial charge in [-0.05, 0) is 42.2 Å². The van der Waals surface area contributed by atoms with Gasteiger partial charge in [0, 0.05) is 12.5 Å². The number of piperidine rings is 1. The van der Waals surface area contributed by atoms with Crippen molar-refractivity contribution in [2.24, 2.45) is 0 Å². The fourth-order valence-corrected chi connectivity index (χ4v) is 1.98. The van der Waals surface area contributed by atoms with Crippen LogP contribution in [0.1, 0.15) is 30.1 Å². The molecule has 1 aromatic rings. The molecule has 76 valence electrons. The zero-order chi connectivity index (χ0) is 9.97. The van der Waals surface area contributed by atoms with E-state index in [1.807, 2.05) is 13.1 Å². The molecule has 0 spiro atoms. The Kier molecular flexibility index (Phi) is 3.13. The van der Waals surface area contributed by atoms with Gasteiger partial charge in [0.05, 0.1) is 17.6 Å². The molecule has 4 heteroatoms. The highest BCUT2D eigenvalue weighted by atomic mass is 79.9. The molecule has 2 rings (SSSR count). The molecule has 1 N–H and O–H groups in total. The van der Waals surface area contributed by atoms with Crippen molar-refractivity contribution in [1.29, 1.82) is 0 Å². The Labute approximate surface area is 92.5 Å².